The number of nitrogens with one attached hydrogen (secondary N) is 6. The smallest absolute Gasteiger partial charge is 0.328 e. The van der Waals surface area contributed by atoms with Crippen molar-refractivity contribution < 1.29 is 53.6 Å². The van der Waals surface area contributed by atoms with Crippen LogP contribution in [0.1, 0.15) is 97.4 Å². The lowest BCUT2D eigenvalue weighted by atomic mass is 9.86. The van der Waals surface area contributed by atoms with Crippen LogP contribution >= 0.6 is 0 Å². The zero-order valence-electron chi connectivity index (χ0n) is 34.6. The zero-order chi connectivity index (χ0) is 43.0. The molecule has 9 N–H and O–H groups in total. The molecule has 0 saturated carbocycles. The molecule has 6 amide bonds. The van der Waals surface area contributed by atoms with Crippen molar-refractivity contribution in [3.8, 4) is 11.5 Å². The number of amides is 6. The number of benzene rings is 1. The SMILES string of the molecule is CC[C@H](C)[C@H](NC(=O)[C@@H](NC(=O)[C@@H](NC(=O)CNC(=O)C1(C)CCc2c(C)c(O)c(C)c(C)c2O1)C(C)C)C(C)C)C(=O)N[C@@H](C)C(=O)N[C@H](C(=O)O)[C@@H](C)O. The molecule has 0 bridgehead atoms. The number of carbonyl (C=O) groups excluding carboxylic acids is 6. The number of aliphatic hydroxyl groups excluding tert-OH is 1. The topological polar surface area (TPSA) is 262 Å². The lowest BCUT2D eigenvalue weighted by molar-refractivity contribution is -0.145. The van der Waals surface area contributed by atoms with Gasteiger partial charge in [0.2, 0.25) is 29.5 Å². The Morgan fingerprint density at radius 2 is 1.21 bits per heavy atom. The Labute approximate surface area is 328 Å². The number of carbonyl (C=O) groups is 7. The van der Waals surface area contributed by atoms with E-state index in [1.54, 1.807) is 62.3 Å². The number of aliphatic carboxylic acids is 1. The summed E-state index contributed by atoms with van der Waals surface area (Å²) >= 11 is 0. The number of hydrogen-bond donors (Lipinski definition) is 9. The van der Waals surface area contributed by atoms with E-state index in [0.29, 0.717) is 36.1 Å². The standard InChI is InChI=1S/C39H62N6O11/c1-13-19(6)29(36(52)41-23(10)33(49)45-30(24(11)46)37(53)54)44-35(51)28(18(4)5)43-34(50)27(17(2)3)42-26(47)16-40-38(55)39(12)15-14-25-22(9)31(48)20(7)21(8)32(25)56-39/h17-19,23-24,27-30,46,48H,13-16H2,1-12H3,(H,40,55)(H,41,52)(H,42,47)(H,43,50)(H,44,51)(H,45,49)(H,53,54)/t19-,23-,24+,27-,28-,29-,30-,39?/m0/s1. The molecule has 2 rings (SSSR count). The first-order valence-electron chi connectivity index (χ1n) is 19.1. The summed E-state index contributed by atoms with van der Waals surface area (Å²) in [6.45, 7) is 19.4. The second-order valence-corrected chi connectivity index (χ2v) is 15.7. The fourth-order valence-corrected chi connectivity index (χ4v) is 6.27. The summed E-state index contributed by atoms with van der Waals surface area (Å²) in [5.41, 5.74) is 1.60. The number of rotatable bonds is 18. The van der Waals surface area contributed by atoms with Gasteiger partial charge in [0.1, 0.15) is 35.7 Å². The van der Waals surface area contributed by atoms with Crippen molar-refractivity contribution in [1.82, 2.24) is 31.9 Å². The molecule has 56 heavy (non-hydrogen) atoms. The second-order valence-electron chi connectivity index (χ2n) is 15.7. The number of phenols is 1. The Kier molecular flexibility index (Phi) is 16.7. The molecule has 17 heteroatoms. The first-order valence-corrected chi connectivity index (χ1v) is 19.1. The maximum absolute atomic E-state index is 13.7. The fraction of sp³-hybridized carbons (Fsp3) is 0.667. The van der Waals surface area contributed by atoms with Gasteiger partial charge in [0, 0.05) is 12.0 Å². The minimum atomic E-state index is -1.60. The average Bonchev–Trinajstić information content (AvgIpc) is 3.12. The van der Waals surface area contributed by atoms with E-state index < -0.39 is 108 Å². The van der Waals surface area contributed by atoms with Gasteiger partial charge < -0.3 is 52.0 Å². The number of phenolic OH excluding ortho intramolecular Hbond substituents is 1. The lowest BCUT2D eigenvalue weighted by Crippen LogP contribution is -2.61. The monoisotopic (exact) mass is 790 g/mol. The van der Waals surface area contributed by atoms with Crippen LogP contribution in [0.5, 0.6) is 11.5 Å². The van der Waals surface area contributed by atoms with Crippen LogP contribution in [0.15, 0.2) is 0 Å². The average molecular weight is 791 g/mol. The summed E-state index contributed by atoms with van der Waals surface area (Å²) in [6, 6.07) is -6.23. The van der Waals surface area contributed by atoms with Crippen molar-refractivity contribution in [2.45, 2.75) is 144 Å². The van der Waals surface area contributed by atoms with Crippen LogP contribution < -0.4 is 36.6 Å². The van der Waals surface area contributed by atoms with Crippen molar-refractivity contribution in [3.05, 3.63) is 22.3 Å². The number of ether oxygens (including phenoxy) is 1. The van der Waals surface area contributed by atoms with E-state index in [2.05, 4.69) is 31.9 Å². The Bertz CT molecular complexity index is 1660. The molecule has 8 atom stereocenters. The highest BCUT2D eigenvalue weighted by molar-refractivity contribution is 5.97. The number of aromatic hydroxyl groups is 1. The van der Waals surface area contributed by atoms with Gasteiger partial charge in [-0.2, -0.15) is 0 Å². The predicted molar refractivity (Wildman–Crippen MR) is 206 cm³/mol. The molecule has 1 unspecified atom stereocenters. The molecule has 314 valence electrons. The second kappa shape index (κ2) is 19.8. The van der Waals surface area contributed by atoms with Crippen molar-refractivity contribution in [2.75, 3.05) is 6.54 Å². The third kappa shape index (κ3) is 11.6. The number of carboxylic acids is 1. The summed E-state index contributed by atoms with van der Waals surface area (Å²) in [4.78, 5) is 91.1. The third-order valence-corrected chi connectivity index (χ3v) is 10.5. The van der Waals surface area contributed by atoms with Crippen molar-refractivity contribution in [1.29, 1.82) is 0 Å². The van der Waals surface area contributed by atoms with Gasteiger partial charge in [-0.1, -0.05) is 48.0 Å². The molecular formula is C39H62N6O11. The van der Waals surface area contributed by atoms with Gasteiger partial charge in [-0.3, -0.25) is 28.8 Å². The maximum atomic E-state index is 13.7. The van der Waals surface area contributed by atoms with Gasteiger partial charge in [-0.05, 0) is 82.4 Å². The van der Waals surface area contributed by atoms with Crippen LogP contribution in [0.2, 0.25) is 0 Å². The van der Waals surface area contributed by atoms with E-state index in [1.807, 2.05) is 6.92 Å². The lowest BCUT2D eigenvalue weighted by Gasteiger charge is -2.36. The van der Waals surface area contributed by atoms with Crippen LogP contribution in [-0.4, -0.2) is 105 Å². The van der Waals surface area contributed by atoms with Gasteiger partial charge in [0.05, 0.1) is 12.6 Å². The molecule has 1 aromatic carbocycles. The minimum absolute atomic E-state index is 0.194. The molecule has 0 aromatic heterocycles. The number of hydrogen-bond acceptors (Lipinski definition) is 10. The molecule has 0 radical (unpaired) electrons. The highest BCUT2D eigenvalue weighted by Gasteiger charge is 2.41. The van der Waals surface area contributed by atoms with E-state index in [-0.39, 0.29) is 5.75 Å². The first-order chi connectivity index (χ1) is 25.9. The molecule has 1 aliphatic heterocycles. The summed E-state index contributed by atoms with van der Waals surface area (Å²) in [6.07, 6.45) is -0.178. The number of fused-ring (bicyclic) bond motifs is 1. The highest BCUT2D eigenvalue weighted by atomic mass is 16.5. The largest absolute Gasteiger partial charge is 0.507 e. The van der Waals surface area contributed by atoms with Gasteiger partial charge >= 0.3 is 5.97 Å². The Hall–Kier alpha value is -4.93. The van der Waals surface area contributed by atoms with Crippen molar-refractivity contribution in [2.24, 2.45) is 17.8 Å². The summed E-state index contributed by atoms with van der Waals surface area (Å²) < 4.78 is 6.20. The molecule has 0 fully saturated rings. The van der Waals surface area contributed by atoms with E-state index >= 15 is 0 Å². The molecule has 0 spiro atoms. The fourth-order valence-electron chi connectivity index (χ4n) is 6.27. The van der Waals surface area contributed by atoms with Crippen LogP contribution in [0.25, 0.3) is 0 Å². The van der Waals surface area contributed by atoms with E-state index in [0.717, 1.165) is 11.1 Å². The first kappa shape index (κ1) is 47.2. The van der Waals surface area contributed by atoms with Gasteiger partial charge in [0.15, 0.2) is 11.6 Å². The Morgan fingerprint density at radius 3 is 1.71 bits per heavy atom. The van der Waals surface area contributed by atoms with Crippen LogP contribution in [0.3, 0.4) is 0 Å². The molecule has 0 saturated heterocycles. The van der Waals surface area contributed by atoms with Gasteiger partial charge in [-0.25, -0.2) is 4.79 Å². The number of carboxylic acid groups (broad SMARTS) is 1. The van der Waals surface area contributed by atoms with Gasteiger partial charge in [0.25, 0.3) is 5.91 Å². The van der Waals surface area contributed by atoms with E-state index in [9.17, 15) is 48.9 Å². The quantitative estimate of drug-likeness (QED) is 0.100. The normalized spacial score (nSPS) is 18.8. The molecule has 1 aliphatic rings. The Balaban J connectivity index is 2.11. The minimum Gasteiger partial charge on any atom is -0.507 e. The summed E-state index contributed by atoms with van der Waals surface area (Å²) in [5, 5.41) is 44.7. The molecule has 1 aromatic rings. The summed E-state index contributed by atoms with van der Waals surface area (Å²) in [7, 11) is 0. The van der Waals surface area contributed by atoms with Crippen molar-refractivity contribution >= 4 is 41.4 Å². The third-order valence-electron chi connectivity index (χ3n) is 10.5. The van der Waals surface area contributed by atoms with Crippen molar-refractivity contribution in [3.63, 3.8) is 0 Å². The molecule has 1 heterocycles. The molecular weight excluding hydrogens is 728 g/mol. The zero-order valence-corrected chi connectivity index (χ0v) is 34.6. The van der Waals surface area contributed by atoms with Gasteiger partial charge in [-0.15, -0.1) is 0 Å². The predicted octanol–water partition coefficient (Wildman–Crippen LogP) is 0.785. The summed E-state index contributed by atoms with van der Waals surface area (Å²) in [5.74, 6) is -6.19. The molecule has 0 aliphatic carbocycles. The van der Waals surface area contributed by atoms with Crippen LogP contribution in [0.4, 0.5) is 0 Å². The van der Waals surface area contributed by atoms with E-state index in [1.165, 1.54) is 13.8 Å². The molecule has 17 nitrogen and oxygen atoms in total. The van der Waals surface area contributed by atoms with Crippen LogP contribution in [0, 0.1) is 38.5 Å². The number of aliphatic hydroxyl groups is 1. The Morgan fingerprint density at radius 1 is 0.714 bits per heavy atom. The van der Waals surface area contributed by atoms with E-state index in [4.69, 9.17) is 4.74 Å². The highest BCUT2D eigenvalue weighted by Crippen LogP contribution is 2.43. The maximum Gasteiger partial charge on any atom is 0.328 e. The van der Waals surface area contributed by atoms with Crippen LogP contribution in [-0.2, 0) is 40.0 Å².